The Bertz CT molecular complexity index is 808. The van der Waals surface area contributed by atoms with Crippen LogP contribution in [0.1, 0.15) is 23.6 Å². The second-order valence-electron chi connectivity index (χ2n) is 6.50. The Morgan fingerprint density at radius 1 is 1.37 bits per heavy atom. The van der Waals surface area contributed by atoms with Gasteiger partial charge in [0.15, 0.2) is 5.96 Å². The first-order valence-electron chi connectivity index (χ1n) is 9.00. The fourth-order valence-electron chi connectivity index (χ4n) is 3.09. The maximum absolute atomic E-state index is 5.86. The minimum absolute atomic E-state index is 0.213. The summed E-state index contributed by atoms with van der Waals surface area (Å²) in [4.78, 5) is 8.37. The molecule has 1 aromatic carbocycles. The number of aromatic nitrogens is 1. The SMILES string of the molecule is CN=C(NCCc1ccc(Cl)nc1)NCc1cc2c(cc1OC)CC(C)O2. The van der Waals surface area contributed by atoms with Gasteiger partial charge in [0.2, 0.25) is 0 Å². The van der Waals surface area contributed by atoms with Crippen LogP contribution in [0, 0.1) is 0 Å². The van der Waals surface area contributed by atoms with Gasteiger partial charge < -0.3 is 20.1 Å². The molecule has 1 atom stereocenters. The van der Waals surface area contributed by atoms with Crippen molar-refractivity contribution in [1.29, 1.82) is 0 Å². The average Bonchev–Trinajstić information content (AvgIpc) is 3.04. The Morgan fingerprint density at radius 3 is 2.93 bits per heavy atom. The molecule has 7 heteroatoms. The number of hydrogen-bond donors (Lipinski definition) is 2. The Morgan fingerprint density at radius 2 is 2.22 bits per heavy atom. The summed E-state index contributed by atoms with van der Waals surface area (Å²) < 4.78 is 11.4. The van der Waals surface area contributed by atoms with E-state index in [0.29, 0.717) is 11.7 Å². The standard InChI is InChI=1S/C20H25ClN4O2/c1-13-8-15-9-17(26-3)16(10-18(15)27-13)12-25-20(22-2)23-7-6-14-4-5-19(21)24-11-14/h4-5,9-11,13H,6-8,12H2,1-3H3,(H2,22,23,25). The van der Waals surface area contributed by atoms with E-state index >= 15 is 0 Å². The van der Waals surface area contributed by atoms with Crippen molar-refractivity contribution in [3.8, 4) is 11.5 Å². The molecule has 0 aliphatic carbocycles. The smallest absolute Gasteiger partial charge is 0.191 e. The molecule has 6 nitrogen and oxygen atoms in total. The molecule has 0 radical (unpaired) electrons. The fraction of sp³-hybridized carbons (Fsp3) is 0.400. The van der Waals surface area contributed by atoms with Gasteiger partial charge in [-0.15, -0.1) is 0 Å². The number of halogens is 1. The summed E-state index contributed by atoms with van der Waals surface area (Å²) in [6, 6.07) is 7.90. The summed E-state index contributed by atoms with van der Waals surface area (Å²) >= 11 is 5.81. The molecule has 0 saturated carbocycles. The Labute approximate surface area is 165 Å². The molecule has 1 aromatic heterocycles. The fourth-order valence-corrected chi connectivity index (χ4v) is 3.20. The highest BCUT2D eigenvalue weighted by Crippen LogP contribution is 2.34. The van der Waals surface area contributed by atoms with Crippen LogP contribution < -0.4 is 20.1 Å². The normalized spacial score (nSPS) is 15.9. The van der Waals surface area contributed by atoms with Crippen LogP contribution in [0.25, 0.3) is 0 Å². The molecular weight excluding hydrogens is 364 g/mol. The maximum Gasteiger partial charge on any atom is 0.191 e. The Balaban J connectivity index is 1.55. The predicted octanol–water partition coefficient (Wildman–Crippen LogP) is 2.97. The highest BCUT2D eigenvalue weighted by Gasteiger charge is 2.21. The quantitative estimate of drug-likeness (QED) is 0.452. The van der Waals surface area contributed by atoms with Crippen molar-refractivity contribution >= 4 is 17.6 Å². The van der Waals surface area contributed by atoms with E-state index in [4.69, 9.17) is 21.1 Å². The van der Waals surface area contributed by atoms with Crippen LogP contribution in [0.4, 0.5) is 0 Å². The van der Waals surface area contributed by atoms with E-state index in [1.165, 1.54) is 5.56 Å². The first kappa shape index (κ1) is 19.3. The zero-order valence-electron chi connectivity index (χ0n) is 15.9. The summed E-state index contributed by atoms with van der Waals surface area (Å²) in [6.45, 7) is 3.41. The van der Waals surface area contributed by atoms with E-state index in [-0.39, 0.29) is 6.10 Å². The van der Waals surface area contributed by atoms with Gasteiger partial charge in [-0.05, 0) is 37.1 Å². The van der Waals surface area contributed by atoms with Crippen molar-refractivity contribution in [2.45, 2.75) is 32.4 Å². The van der Waals surface area contributed by atoms with Gasteiger partial charge in [-0.1, -0.05) is 17.7 Å². The topological polar surface area (TPSA) is 67.8 Å². The number of benzene rings is 1. The lowest BCUT2D eigenvalue weighted by Gasteiger charge is -2.15. The molecule has 1 aliphatic rings. The molecule has 0 saturated heterocycles. The number of aliphatic imine (C=N–C) groups is 1. The number of ether oxygens (including phenoxy) is 2. The zero-order valence-corrected chi connectivity index (χ0v) is 16.6. The maximum atomic E-state index is 5.86. The van der Waals surface area contributed by atoms with Gasteiger partial charge in [0.1, 0.15) is 22.8 Å². The van der Waals surface area contributed by atoms with Crippen molar-refractivity contribution in [3.05, 3.63) is 52.3 Å². The summed E-state index contributed by atoms with van der Waals surface area (Å²) in [5.74, 6) is 2.54. The Kier molecular flexibility index (Phi) is 6.40. The van der Waals surface area contributed by atoms with Crippen molar-refractivity contribution in [2.75, 3.05) is 20.7 Å². The first-order chi connectivity index (χ1) is 13.1. The van der Waals surface area contributed by atoms with Gasteiger partial charge in [0.25, 0.3) is 0 Å². The van der Waals surface area contributed by atoms with Gasteiger partial charge in [0, 0.05) is 43.9 Å². The first-order valence-corrected chi connectivity index (χ1v) is 9.38. The highest BCUT2D eigenvalue weighted by molar-refractivity contribution is 6.29. The van der Waals surface area contributed by atoms with Crippen LogP contribution in [0.3, 0.4) is 0 Å². The number of nitrogens with zero attached hydrogens (tertiary/aromatic N) is 2. The van der Waals surface area contributed by atoms with Crippen molar-refractivity contribution in [1.82, 2.24) is 15.6 Å². The van der Waals surface area contributed by atoms with Crippen molar-refractivity contribution in [2.24, 2.45) is 4.99 Å². The Hall–Kier alpha value is -2.47. The number of fused-ring (bicyclic) bond motifs is 1. The predicted molar refractivity (Wildman–Crippen MR) is 108 cm³/mol. The molecule has 2 aromatic rings. The average molecular weight is 389 g/mol. The van der Waals surface area contributed by atoms with E-state index in [0.717, 1.165) is 48.0 Å². The van der Waals surface area contributed by atoms with Gasteiger partial charge in [-0.25, -0.2) is 4.98 Å². The van der Waals surface area contributed by atoms with Gasteiger partial charge >= 0.3 is 0 Å². The van der Waals surface area contributed by atoms with Crippen LogP contribution in [0.5, 0.6) is 11.5 Å². The molecule has 3 rings (SSSR count). The number of pyridine rings is 1. The monoisotopic (exact) mass is 388 g/mol. The summed E-state index contributed by atoms with van der Waals surface area (Å²) in [6.07, 6.45) is 3.75. The molecule has 2 heterocycles. The highest BCUT2D eigenvalue weighted by atomic mass is 35.5. The summed E-state index contributed by atoms with van der Waals surface area (Å²) in [5.41, 5.74) is 3.35. The number of guanidine groups is 1. The summed E-state index contributed by atoms with van der Waals surface area (Å²) in [7, 11) is 3.45. The molecule has 0 spiro atoms. The minimum Gasteiger partial charge on any atom is -0.496 e. The molecule has 0 fully saturated rings. The van der Waals surface area contributed by atoms with Crippen LogP contribution in [-0.2, 0) is 19.4 Å². The third kappa shape index (κ3) is 5.04. The van der Waals surface area contributed by atoms with E-state index in [1.807, 2.05) is 6.07 Å². The second kappa shape index (κ2) is 8.95. The molecular formula is C20H25ClN4O2. The number of nitrogens with one attached hydrogen (secondary N) is 2. The van der Waals surface area contributed by atoms with E-state index in [1.54, 1.807) is 26.4 Å². The third-order valence-corrected chi connectivity index (χ3v) is 4.69. The zero-order chi connectivity index (χ0) is 19.2. The third-order valence-electron chi connectivity index (χ3n) is 4.46. The van der Waals surface area contributed by atoms with Crippen LogP contribution >= 0.6 is 11.6 Å². The molecule has 144 valence electrons. The van der Waals surface area contributed by atoms with Crippen LogP contribution in [0.2, 0.25) is 5.15 Å². The lowest BCUT2D eigenvalue weighted by atomic mass is 10.1. The van der Waals surface area contributed by atoms with E-state index in [2.05, 4.69) is 39.7 Å². The molecule has 2 N–H and O–H groups in total. The van der Waals surface area contributed by atoms with E-state index < -0.39 is 0 Å². The van der Waals surface area contributed by atoms with Gasteiger partial charge in [0.05, 0.1) is 7.11 Å². The van der Waals surface area contributed by atoms with Gasteiger partial charge in [-0.2, -0.15) is 0 Å². The number of methoxy groups -OCH3 is 1. The molecule has 27 heavy (non-hydrogen) atoms. The van der Waals surface area contributed by atoms with Gasteiger partial charge in [-0.3, -0.25) is 4.99 Å². The summed E-state index contributed by atoms with van der Waals surface area (Å²) in [5, 5.41) is 7.14. The van der Waals surface area contributed by atoms with Crippen LogP contribution in [0.15, 0.2) is 35.5 Å². The largest absolute Gasteiger partial charge is 0.496 e. The number of hydrogen-bond acceptors (Lipinski definition) is 4. The van der Waals surface area contributed by atoms with Crippen molar-refractivity contribution < 1.29 is 9.47 Å². The molecule has 1 aliphatic heterocycles. The van der Waals surface area contributed by atoms with Crippen LogP contribution in [-0.4, -0.2) is 37.7 Å². The molecule has 1 unspecified atom stereocenters. The molecule has 0 amide bonds. The lowest BCUT2D eigenvalue weighted by molar-refractivity contribution is 0.254. The van der Waals surface area contributed by atoms with E-state index in [9.17, 15) is 0 Å². The van der Waals surface area contributed by atoms with Crippen molar-refractivity contribution in [3.63, 3.8) is 0 Å². The number of rotatable bonds is 6. The minimum atomic E-state index is 0.213. The lowest BCUT2D eigenvalue weighted by Crippen LogP contribution is -2.37. The second-order valence-corrected chi connectivity index (χ2v) is 6.88. The molecule has 0 bridgehead atoms.